The first-order valence-corrected chi connectivity index (χ1v) is 6.45. The number of carboxylic acid groups (broad SMARTS) is 1. The number of nitrogens with zero attached hydrogens (tertiary/aromatic N) is 2. The average molecular weight is 274 g/mol. The molecule has 0 saturated heterocycles. The number of ether oxygens (including phenoxy) is 1. The monoisotopic (exact) mass is 274 g/mol. The highest BCUT2D eigenvalue weighted by molar-refractivity contribution is 5.95. The highest BCUT2D eigenvalue weighted by Gasteiger charge is 2.19. The van der Waals surface area contributed by atoms with Gasteiger partial charge >= 0.3 is 5.97 Å². The van der Waals surface area contributed by atoms with Crippen LogP contribution in [0.5, 0.6) is 5.75 Å². The zero-order valence-electron chi connectivity index (χ0n) is 12.1. The second kappa shape index (κ2) is 5.36. The number of carbonyl (C=O) groups is 1. The lowest BCUT2D eigenvalue weighted by atomic mass is 9.99. The van der Waals surface area contributed by atoms with E-state index in [9.17, 15) is 9.90 Å². The molecule has 0 bridgehead atoms. The molecule has 0 aliphatic carbocycles. The first kappa shape index (κ1) is 14.1. The largest absolute Gasteiger partial charge is 0.494 e. The molecule has 5 heteroatoms. The maximum absolute atomic E-state index is 11.3. The van der Waals surface area contributed by atoms with E-state index in [1.54, 1.807) is 11.7 Å². The van der Waals surface area contributed by atoms with Gasteiger partial charge in [0.15, 0.2) is 0 Å². The van der Waals surface area contributed by atoms with Gasteiger partial charge in [0.2, 0.25) is 0 Å². The van der Waals surface area contributed by atoms with Gasteiger partial charge < -0.3 is 9.84 Å². The molecule has 0 amide bonds. The maximum atomic E-state index is 11.3. The fourth-order valence-corrected chi connectivity index (χ4v) is 2.27. The van der Waals surface area contributed by atoms with Crippen LogP contribution < -0.4 is 4.74 Å². The third kappa shape index (κ3) is 2.39. The van der Waals surface area contributed by atoms with Gasteiger partial charge in [-0.15, -0.1) is 0 Å². The molecular formula is C15H18N2O3. The van der Waals surface area contributed by atoms with Crippen molar-refractivity contribution in [3.05, 3.63) is 35.0 Å². The fraction of sp³-hybridized carbons (Fsp3) is 0.333. The number of aromatic carboxylic acids is 1. The lowest BCUT2D eigenvalue weighted by Crippen LogP contribution is -2.03. The van der Waals surface area contributed by atoms with Crippen molar-refractivity contribution in [3.63, 3.8) is 0 Å². The van der Waals surface area contributed by atoms with Gasteiger partial charge in [-0.2, -0.15) is 5.10 Å². The minimum atomic E-state index is -0.973. The smallest absolute Gasteiger partial charge is 0.339 e. The predicted octanol–water partition coefficient (Wildman–Crippen LogP) is 2.80. The Balaban J connectivity index is 2.62. The molecule has 0 spiro atoms. The molecule has 0 aliphatic heterocycles. The Labute approximate surface area is 117 Å². The van der Waals surface area contributed by atoms with E-state index in [4.69, 9.17) is 4.74 Å². The predicted molar refractivity (Wildman–Crippen MR) is 76.2 cm³/mol. The standard InChI is InChI=1S/C15H18N2O3/c1-5-20-13-7-9(2)11(6-10(13)3)14-12(15(18)19)8-16-17(14)4/h6-8H,5H2,1-4H3,(H,18,19). The maximum Gasteiger partial charge on any atom is 0.339 e. The zero-order chi connectivity index (χ0) is 14.9. The molecule has 1 aromatic carbocycles. The van der Waals surface area contributed by atoms with Crippen molar-refractivity contribution < 1.29 is 14.6 Å². The quantitative estimate of drug-likeness (QED) is 0.931. The molecule has 5 nitrogen and oxygen atoms in total. The van der Waals surface area contributed by atoms with E-state index >= 15 is 0 Å². The second-order valence-corrected chi connectivity index (χ2v) is 4.70. The van der Waals surface area contributed by atoms with E-state index in [0.29, 0.717) is 12.3 Å². The number of aryl methyl sites for hydroxylation is 3. The summed E-state index contributed by atoms with van der Waals surface area (Å²) in [6, 6.07) is 3.89. The van der Waals surface area contributed by atoms with Gasteiger partial charge in [-0.25, -0.2) is 4.79 Å². The molecule has 1 N–H and O–H groups in total. The Morgan fingerprint density at radius 2 is 2.05 bits per heavy atom. The summed E-state index contributed by atoms with van der Waals surface area (Å²) < 4.78 is 7.15. The van der Waals surface area contributed by atoms with Gasteiger partial charge in [-0.3, -0.25) is 4.68 Å². The molecule has 2 aromatic rings. The van der Waals surface area contributed by atoms with Crippen molar-refractivity contribution in [2.75, 3.05) is 6.61 Å². The molecule has 0 aliphatic rings. The van der Waals surface area contributed by atoms with Crippen LogP contribution in [0.2, 0.25) is 0 Å². The fourth-order valence-electron chi connectivity index (χ4n) is 2.27. The third-order valence-corrected chi connectivity index (χ3v) is 3.25. The Kier molecular flexibility index (Phi) is 3.79. The molecule has 106 valence electrons. The van der Waals surface area contributed by atoms with Crippen LogP contribution in [-0.4, -0.2) is 27.5 Å². The van der Waals surface area contributed by atoms with E-state index in [-0.39, 0.29) is 5.56 Å². The molecule has 0 saturated carbocycles. The van der Waals surface area contributed by atoms with Crippen LogP contribution in [0.4, 0.5) is 0 Å². The van der Waals surface area contributed by atoms with Gasteiger partial charge in [0.05, 0.1) is 18.5 Å². The second-order valence-electron chi connectivity index (χ2n) is 4.70. The molecule has 20 heavy (non-hydrogen) atoms. The highest BCUT2D eigenvalue weighted by atomic mass is 16.5. The number of benzene rings is 1. The van der Waals surface area contributed by atoms with Crippen LogP contribution in [0.15, 0.2) is 18.3 Å². The summed E-state index contributed by atoms with van der Waals surface area (Å²) in [4.78, 5) is 11.3. The topological polar surface area (TPSA) is 64.3 Å². The summed E-state index contributed by atoms with van der Waals surface area (Å²) in [6.45, 7) is 6.43. The van der Waals surface area contributed by atoms with Crippen molar-refractivity contribution in [2.45, 2.75) is 20.8 Å². The summed E-state index contributed by atoms with van der Waals surface area (Å²) in [5.41, 5.74) is 3.62. The van der Waals surface area contributed by atoms with Crippen molar-refractivity contribution in [2.24, 2.45) is 7.05 Å². The Bertz CT molecular complexity index is 659. The first-order chi connectivity index (χ1) is 9.45. The lowest BCUT2D eigenvalue weighted by Gasteiger charge is -2.13. The summed E-state index contributed by atoms with van der Waals surface area (Å²) in [5, 5.41) is 13.3. The highest BCUT2D eigenvalue weighted by Crippen LogP contribution is 2.32. The molecule has 0 unspecified atom stereocenters. The van der Waals surface area contributed by atoms with Gasteiger partial charge in [-0.1, -0.05) is 0 Å². The molecule has 2 rings (SSSR count). The zero-order valence-corrected chi connectivity index (χ0v) is 12.1. The van der Waals surface area contributed by atoms with E-state index < -0.39 is 5.97 Å². The van der Waals surface area contributed by atoms with Gasteiger partial charge in [0, 0.05) is 12.6 Å². The van der Waals surface area contributed by atoms with Crippen molar-refractivity contribution in [1.29, 1.82) is 0 Å². The van der Waals surface area contributed by atoms with Crippen LogP contribution in [0.1, 0.15) is 28.4 Å². The number of hydrogen-bond acceptors (Lipinski definition) is 3. The van der Waals surface area contributed by atoms with Crippen LogP contribution in [0.25, 0.3) is 11.3 Å². The summed E-state index contributed by atoms with van der Waals surface area (Å²) >= 11 is 0. The Morgan fingerprint density at radius 3 is 2.65 bits per heavy atom. The Hall–Kier alpha value is -2.30. The molecule has 0 atom stereocenters. The summed E-state index contributed by atoms with van der Waals surface area (Å²) in [5.74, 6) is -0.146. The number of hydrogen-bond donors (Lipinski definition) is 1. The summed E-state index contributed by atoms with van der Waals surface area (Å²) in [7, 11) is 1.74. The van der Waals surface area contributed by atoms with Crippen LogP contribution >= 0.6 is 0 Å². The number of aromatic nitrogens is 2. The van der Waals surface area contributed by atoms with Crippen LogP contribution in [-0.2, 0) is 7.05 Å². The van der Waals surface area contributed by atoms with E-state index in [1.165, 1.54) is 6.20 Å². The minimum absolute atomic E-state index is 0.208. The molecule has 0 radical (unpaired) electrons. The lowest BCUT2D eigenvalue weighted by molar-refractivity contribution is 0.0697. The van der Waals surface area contributed by atoms with Crippen molar-refractivity contribution in [1.82, 2.24) is 9.78 Å². The first-order valence-electron chi connectivity index (χ1n) is 6.45. The molecule has 1 heterocycles. The van der Waals surface area contributed by atoms with Crippen molar-refractivity contribution in [3.8, 4) is 17.0 Å². The van der Waals surface area contributed by atoms with Gasteiger partial charge in [0.1, 0.15) is 11.3 Å². The van der Waals surface area contributed by atoms with Crippen LogP contribution in [0, 0.1) is 13.8 Å². The number of carboxylic acids is 1. The minimum Gasteiger partial charge on any atom is -0.494 e. The normalized spacial score (nSPS) is 10.6. The number of rotatable bonds is 4. The van der Waals surface area contributed by atoms with Gasteiger partial charge in [0.25, 0.3) is 0 Å². The molecule has 0 fully saturated rings. The van der Waals surface area contributed by atoms with Crippen molar-refractivity contribution >= 4 is 5.97 Å². The molecule has 1 aromatic heterocycles. The molecular weight excluding hydrogens is 256 g/mol. The van der Waals surface area contributed by atoms with E-state index in [0.717, 1.165) is 22.4 Å². The van der Waals surface area contributed by atoms with E-state index in [2.05, 4.69) is 5.10 Å². The van der Waals surface area contributed by atoms with E-state index in [1.807, 2.05) is 32.9 Å². The third-order valence-electron chi connectivity index (χ3n) is 3.25. The Morgan fingerprint density at radius 1 is 1.35 bits per heavy atom. The van der Waals surface area contributed by atoms with Gasteiger partial charge in [-0.05, 0) is 44.0 Å². The van der Waals surface area contributed by atoms with Crippen LogP contribution in [0.3, 0.4) is 0 Å². The summed E-state index contributed by atoms with van der Waals surface area (Å²) in [6.07, 6.45) is 1.38. The average Bonchev–Trinajstić information content (AvgIpc) is 2.76. The SMILES string of the molecule is CCOc1cc(C)c(-c2c(C(=O)O)cnn2C)cc1C.